The first-order chi connectivity index (χ1) is 13.1. The summed E-state index contributed by atoms with van der Waals surface area (Å²) in [6.07, 6.45) is 1.14. The number of ketones is 1. The lowest BCUT2D eigenvalue weighted by molar-refractivity contribution is 0.0906. The zero-order chi connectivity index (χ0) is 20.3. The quantitative estimate of drug-likeness (QED) is 0.674. The number of Topliss-reactive ketones (excluding diaryl/α,β-unsaturated/α-hetero) is 1. The van der Waals surface area contributed by atoms with Gasteiger partial charge in [0.2, 0.25) is 0 Å². The second kappa shape index (κ2) is 6.21. The van der Waals surface area contributed by atoms with Gasteiger partial charge in [0.05, 0.1) is 16.1 Å². The van der Waals surface area contributed by atoms with Gasteiger partial charge in [0, 0.05) is 18.2 Å². The lowest BCUT2D eigenvalue weighted by Crippen LogP contribution is -2.25. The van der Waals surface area contributed by atoms with Crippen LogP contribution in [0.1, 0.15) is 47.5 Å². The Morgan fingerprint density at radius 3 is 2.39 bits per heavy atom. The van der Waals surface area contributed by atoms with Crippen molar-refractivity contribution in [2.45, 2.75) is 45.4 Å². The molecule has 0 bridgehead atoms. The number of hydrogen-bond donors (Lipinski definition) is 1. The predicted molar refractivity (Wildman–Crippen MR) is 109 cm³/mol. The van der Waals surface area contributed by atoms with Gasteiger partial charge < -0.3 is 4.42 Å². The van der Waals surface area contributed by atoms with Crippen LogP contribution in [0, 0.1) is 19.3 Å². The van der Waals surface area contributed by atoms with Gasteiger partial charge in [-0.25, -0.2) is 8.42 Å². The molecule has 1 aliphatic carbocycles. The summed E-state index contributed by atoms with van der Waals surface area (Å²) in [5.74, 6) is 0.732. The van der Waals surface area contributed by atoms with Gasteiger partial charge in [0.15, 0.2) is 5.78 Å². The fourth-order valence-corrected chi connectivity index (χ4v) is 4.90. The molecule has 28 heavy (non-hydrogen) atoms. The normalized spacial score (nSPS) is 16.2. The topological polar surface area (TPSA) is 76.4 Å². The molecular formula is C22H23NO4S. The molecule has 1 N–H and O–H groups in total. The second-order valence-corrected chi connectivity index (χ2v) is 10.1. The van der Waals surface area contributed by atoms with Gasteiger partial charge in [0.25, 0.3) is 10.0 Å². The Morgan fingerprint density at radius 1 is 1.04 bits per heavy atom. The van der Waals surface area contributed by atoms with Crippen LogP contribution in [0.25, 0.3) is 11.0 Å². The fourth-order valence-electron chi connectivity index (χ4n) is 3.78. The van der Waals surface area contributed by atoms with E-state index in [4.69, 9.17) is 4.42 Å². The molecule has 0 saturated carbocycles. The van der Waals surface area contributed by atoms with E-state index in [0.29, 0.717) is 40.8 Å². The van der Waals surface area contributed by atoms with Crippen LogP contribution in [0.2, 0.25) is 0 Å². The molecule has 0 fully saturated rings. The van der Waals surface area contributed by atoms with Gasteiger partial charge in [-0.2, -0.15) is 0 Å². The number of nitrogens with one attached hydrogen (secondary N) is 1. The molecule has 0 unspecified atom stereocenters. The molecule has 2 aromatic carbocycles. The lowest BCUT2D eigenvalue weighted by Gasteiger charge is -2.27. The summed E-state index contributed by atoms with van der Waals surface area (Å²) in [7, 11) is -3.72. The Kier molecular flexibility index (Phi) is 4.16. The van der Waals surface area contributed by atoms with Crippen molar-refractivity contribution >= 4 is 32.5 Å². The first-order valence-corrected chi connectivity index (χ1v) is 10.7. The van der Waals surface area contributed by atoms with Crippen LogP contribution in [0.5, 0.6) is 0 Å². The van der Waals surface area contributed by atoms with Gasteiger partial charge in [0.1, 0.15) is 11.3 Å². The van der Waals surface area contributed by atoms with Crippen molar-refractivity contribution in [1.82, 2.24) is 0 Å². The van der Waals surface area contributed by atoms with E-state index in [9.17, 15) is 13.2 Å². The van der Waals surface area contributed by atoms with Crippen molar-refractivity contribution in [3.05, 3.63) is 58.8 Å². The fraction of sp³-hybridized carbons (Fsp3) is 0.318. The number of rotatable bonds is 3. The highest BCUT2D eigenvalue weighted by Crippen LogP contribution is 2.41. The monoisotopic (exact) mass is 397 g/mol. The molecule has 1 aliphatic rings. The highest BCUT2D eigenvalue weighted by molar-refractivity contribution is 7.92. The number of carbonyl (C=O) groups excluding carboxylic acids is 1. The maximum absolute atomic E-state index is 12.8. The van der Waals surface area contributed by atoms with Crippen LogP contribution >= 0.6 is 0 Å². The van der Waals surface area contributed by atoms with Crippen molar-refractivity contribution < 1.29 is 17.6 Å². The minimum Gasteiger partial charge on any atom is -0.460 e. The number of sulfonamides is 1. The van der Waals surface area contributed by atoms with Crippen LogP contribution in [-0.2, 0) is 16.4 Å². The minimum absolute atomic E-state index is 0.0428. The average molecular weight is 397 g/mol. The van der Waals surface area contributed by atoms with E-state index >= 15 is 0 Å². The second-order valence-electron chi connectivity index (χ2n) is 8.42. The third kappa shape index (κ3) is 3.22. The molecule has 0 atom stereocenters. The molecule has 146 valence electrons. The van der Waals surface area contributed by atoms with Gasteiger partial charge in [-0.05, 0) is 49.1 Å². The number of furan rings is 1. The van der Waals surface area contributed by atoms with Gasteiger partial charge >= 0.3 is 0 Å². The SMILES string of the molecule is Cc1ccc(S(=O)(=O)Nc2cc3c4c(oc3cc2C)CC(C)(C)CC4=O)cc1. The average Bonchev–Trinajstić information content (AvgIpc) is 2.91. The molecule has 6 heteroatoms. The third-order valence-electron chi connectivity index (χ3n) is 5.24. The number of fused-ring (bicyclic) bond motifs is 3. The van der Waals surface area contributed by atoms with E-state index in [2.05, 4.69) is 4.72 Å². The van der Waals surface area contributed by atoms with Crippen LogP contribution in [0.15, 0.2) is 45.7 Å². The van der Waals surface area contributed by atoms with Crippen LogP contribution in [0.3, 0.4) is 0 Å². The standard InChI is InChI=1S/C22H23NO4S/c1-13-5-7-15(8-6-13)28(25,26)23-17-10-16-19(9-14(17)2)27-20-12-22(3,4)11-18(24)21(16)20/h5-10,23H,11-12H2,1-4H3. The molecule has 5 nitrogen and oxygen atoms in total. The van der Waals surface area contributed by atoms with Gasteiger partial charge in [-0.3, -0.25) is 9.52 Å². The van der Waals surface area contributed by atoms with Gasteiger partial charge in [-0.1, -0.05) is 31.5 Å². The first kappa shape index (κ1) is 18.7. The highest BCUT2D eigenvalue weighted by atomic mass is 32.2. The number of hydrogen-bond acceptors (Lipinski definition) is 4. The maximum atomic E-state index is 12.8. The van der Waals surface area contributed by atoms with Crippen LogP contribution < -0.4 is 4.72 Å². The lowest BCUT2D eigenvalue weighted by atomic mass is 9.76. The number of anilines is 1. The summed E-state index contributed by atoms with van der Waals surface area (Å²) in [5.41, 5.74) is 3.25. The summed E-state index contributed by atoms with van der Waals surface area (Å²) in [5, 5.41) is 0.669. The largest absolute Gasteiger partial charge is 0.460 e. The molecular weight excluding hydrogens is 374 g/mol. The third-order valence-corrected chi connectivity index (χ3v) is 6.62. The molecule has 0 spiro atoms. The maximum Gasteiger partial charge on any atom is 0.261 e. The minimum atomic E-state index is -3.72. The van der Waals surface area contributed by atoms with Crippen LogP contribution in [0.4, 0.5) is 5.69 Å². The molecule has 4 rings (SSSR count). The predicted octanol–water partition coefficient (Wildman–Crippen LogP) is 5.01. The van der Waals surface area contributed by atoms with E-state index in [-0.39, 0.29) is 16.1 Å². The van der Waals surface area contributed by atoms with Crippen molar-refractivity contribution in [3.63, 3.8) is 0 Å². The Balaban J connectivity index is 1.79. The molecule has 1 aromatic heterocycles. The van der Waals surface area contributed by atoms with Gasteiger partial charge in [-0.15, -0.1) is 0 Å². The number of aryl methyl sites for hydroxylation is 2. The zero-order valence-electron chi connectivity index (χ0n) is 16.4. The Bertz CT molecular complexity index is 1200. The van der Waals surface area contributed by atoms with E-state index in [1.165, 1.54) is 0 Å². The summed E-state index contributed by atoms with van der Waals surface area (Å²) >= 11 is 0. The summed E-state index contributed by atoms with van der Waals surface area (Å²) in [4.78, 5) is 12.9. The molecule has 0 amide bonds. The van der Waals surface area contributed by atoms with Crippen molar-refractivity contribution in [3.8, 4) is 0 Å². The Labute approximate surface area is 164 Å². The molecule has 1 heterocycles. The summed E-state index contributed by atoms with van der Waals surface area (Å²) in [6, 6.07) is 10.2. The molecule has 0 aliphatic heterocycles. The Morgan fingerprint density at radius 2 is 1.71 bits per heavy atom. The summed E-state index contributed by atoms with van der Waals surface area (Å²) in [6.45, 7) is 7.82. The van der Waals surface area contributed by atoms with Crippen molar-refractivity contribution in [2.75, 3.05) is 4.72 Å². The summed E-state index contributed by atoms with van der Waals surface area (Å²) < 4.78 is 34.2. The number of carbonyl (C=O) groups is 1. The van der Waals surface area contributed by atoms with E-state index in [1.807, 2.05) is 27.7 Å². The Hall–Kier alpha value is -2.60. The van der Waals surface area contributed by atoms with E-state index in [1.54, 1.807) is 36.4 Å². The van der Waals surface area contributed by atoms with E-state index < -0.39 is 10.0 Å². The van der Waals surface area contributed by atoms with E-state index in [0.717, 1.165) is 11.1 Å². The molecule has 3 aromatic rings. The molecule has 0 radical (unpaired) electrons. The zero-order valence-corrected chi connectivity index (χ0v) is 17.2. The van der Waals surface area contributed by atoms with Crippen molar-refractivity contribution in [1.29, 1.82) is 0 Å². The van der Waals surface area contributed by atoms with Crippen LogP contribution in [-0.4, -0.2) is 14.2 Å². The molecule has 0 saturated heterocycles. The smallest absolute Gasteiger partial charge is 0.261 e. The first-order valence-electron chi connectivity index (χ1n) is 9.24. The number of benzene rings is 2. The highest BCUT2D eigenvalue weighted by Gasteiger charge is 2.35. The van der Waals surface area contributed by atoms with Crippen molar-refractivity contribution in [2.24, 2.45) is 5.41 Å².